The zero-order valence-electron chi connectivity index (χ0n) is 15.2. The average molecular weight is 361 g/mol. The van der Waals surface area contributed by atoms with Crippen molar-refractivity contribution in [1.82, 2.24) is 15.1 Å². The van der Waals surface area contributed by atoms with E-state index in [2.05, 4.69) is 5.32 Å². The van der Waals surface area contributed by atoms with Crippen molar-refractivity contribution in [3.63, 3.8) is 0 Å². The van der Waals surface area contributed by atoms with Crippen LogP contribution >= 0.6 is 0 Å². The Bertz CT molecular complexity index is 811. The van der Waals surface area contributed by atoms with Crippen molar-refractivity contribution in [2.45, 2.75) is 37.0 Å². The number of rotatable bonds is 4. The van der Waals surface area contributed by atoms with Gasteiger partial charge in [0.15, 0.2) is 0 Å². The first-order valence-electron chi connectivity index (χ1n) is 9.56. The molecule has 2 aromatic rings. The highest BCUT2D eigenvalue weighted by atomic mass is 16.2. The second-order valence-electron chi connectivity index (χ2n) is 8.08. The van der Waals surface area contributed by atoms with Crippen LogP contribution in [-0.4, -0.2) is 45.8 Å². The Balaban J connectivity index is 1.21. The Hall–Kier alpha value is -2.66. The number of carbonyl (C=O) groups is 2. The summed E-state index contributed by atoms with van der Waals surface area (Å²) in [7, 11) is 0. The molecule has 3 aliphatic rings. The topological polar surface area (TPSA) is 52.7 Å². The van der Waals surface area contributed by atoms with Gasteiger partial charge in [0.05, 0.1) is 0 Å². The van der Waals surface area contributed by atoms with Gasteiger partial charge >= 0.3 is 0 Å². The Morgan fingerprint density at radius 3 is 1.48 bits per heavy atom. The van der Waals surface area contributed by atoms with Crippen LogP contribution in [0.1, 0.15) is 24.0 Å². The normalized spacial score (nSPS) is 29.3. The molecule has 2 amide bonds. The number of carbonyl (C=O) groups excluding carboxylic acids is 2. The molecule has 1 N–H and O–H groups in total. The molecule has 0 saturated carbocycles. The van der Waals surface area contributed by atoms with Gasteiger partial charge in [-0.3, -0.25) is 14.9 Å². The highest BCUT2D eigenvalue weighted by Crippen LogP contribution is 2.44. The Labute approximate surface area is 159 Å². The molecule has 0 bridgehead atoms. The van der Waals surface area contributed by atoms with Gasteiger partial charge in [0, 0.05) is 26.2 Å². The quantitative estimate of drug-likeness (QED) is 0.847. The minimum atomic E-state index is -0.525. The van der Waals surface area contributed by atoms with Crippen LogP contribution in [-0.2, 0) is 22.7 Å². The summed E-state index contributed by atoms with van der Waals surface area (Å²) in [5.74, 6) is 0.273. The molecule has 3 fully saturated rings. The summed E-state index contributed by atoms with van der Waals surface area (Å²) in [5.41, 5.74) is 1.23. The summed E-state index contributed by atoms with van der Waals surface area (Å²) in [4.78, 5) is 29.4. The van der Waals surface area contributed by atoms with Crippen LogP contribution in [0.25, 0.3) is 0 Å². The summed E-state index contributed by atoms with van der Waals surface area (Å²) in [5, 5.41) is 3.47. The van der Waals surface area contributed by atoms with Crippen molar-refractivity contribution in [2.24, 2.45) is 0 Å². The molecule has 138 valence electrons. The van der Waals surface area contributed by atoms with Crippen molar-refractivity contribution in [1.29, 1.82) is 0 Å². The van der Waals surface area contributed by atoms with Crippen LogP contribution in [0.4, 0.5) is 0 Å². The Kier molecular flexibility index (Phi) is 3.62. The van der Waals surface area contributed by atoms with E-state index < -0.39 is 11.1 Å². The number of nitrogens with zero attached hydrogens (tertiary/aromatic N) is 2. The number of nitrogens with one attached hydrogen (secondary N) is 1. The first kappa shape index (κ1) is 16.5. The number of benzene rings is 2. The molecule has 27 heavy (non-hydrogen) atoms. The van der Waals surface area contributed by atoms with Gasteiger partial charge < -0.3 is 9.80 Å². The van der Waals surface area contributed by atoms with Gasteiger partial charge in [-0.2, -0.15) is 0 Å². The highest BCUT2D eigenvalue weighted by molar-refractivity contribution is 5.98. The SMILES string of the molecule is O=C1N(Cc2ccccc2)CC12CCC1(CN(Cc3ccccc3)C1=O)N2. The van der Waals surface area contributed by atoms with Crippen LogP contribution in [0.2, 0.25) is 0 Å². The Morgan fingerprint density at radius 2 is 1.11 bits per heavy atom. The van der Waals surface area contributed by atoms with E-state index in [1.807, 2.05) is 70.5 Å². The first-order valence-corrected chi connectivity index (χ1v) is 9.56. The van der Waals surface area contributed by atoms with Gasteiger partial charge in [0.25, 0.3) is 0 Å². The van der Waals surface area contributed by atoms with E-state index in [0.29, 0.717) is 26.2 Å². The second kappa shape index (κ2) is 5.92. The molecule has 3 heterocycles. The molecule has 2 spiro atoms. The molecule has 2 aromatic carbocycles. The van der Waals surface area contributed by atoms with Gasteiger partial charge in [-0.15, -0.1) is 0 Å². The van der Waals surface area contributed by atoms with Crippen molar-refractivity contribution in [3.05, 3.63) is 71.8 Å². The van der Waals surface area contributed by atoms with Crippen LogP contribution in [0.3, 0.4) is 0 Å². The maximum atomic E-state index is 12.8. The highest BCUT2D eigenvalue weighted by Gasteiger charge is 2.66. The minimum Gasteiger partial charge on any atom is -0.334 e. The molecule has 2 atom stereocenters. The predicted octanol–water partition coefficient (Wildman–Crippen LogP) is 1.93. The minimum absolute atomic E-state index is 0.137. The first-order chi connectivity index (χ1) is 13.1. The molecular formula is C22H23N3O2. The van der Waals surface area contributed by atoms with Crippen LogP contribution in [0, 0.1) is 0 Å². The maximum absolute atomic E-state index is 12.8. The van der Waals surface area contributed by atoms with E-state index in [-0.39, 0.29) is 11.8 Å². The van der Waals surface area contributed by atoms with Crippen molar-refractivity contribution in [3.8, 4) is 0 Å². The number of hydrogen-bond acceptors (Lipinski definition) is 3. The van der Waals surface area contributed by atoms with Crippen LogP contribution in [0.5, 0.6) is 0 Å². The van der Waals surface area contributed by atoms with Crippen molar-refractivity contribution < 1.29 is 9.59 Å². The van der Waals surface area contributed by atoms with Crippen LogP contribution < -0.4 is 5.32 Å². The van der Waals surface area contributed by atoms with Gasteiger partial charge in [-0.05, 0) is 24.0 Å². The fraction of sp³-hybridized carbons (Fsp3) is 0.364. The zero-order chi connectivity index (χ0) is 18.5. The largest absolute Gasteiger partial charge is 0.334 e. The van der Waals surface area contributed by atoms with Gasteiger partial charge in [0.1, 0.15) is 11.1 Å². The summed E-state index contributed by atoms with van der Waals surface area (Å²) in [6, 6.07) is 20.1. The third-order valence-electron chi connectivity index (χ3n) is 6.20. The lowest BCUT2D eigenvalue weighted by molar-refractivity contribution is -0.159. The lowest BCUT2D eigenvalue weighted by Gasteiger charge is -2.52. The molecule has 3 aliphatic heterocycles. The smallest absolute Gasteiger partial charge is 0.245 e. The standard InChI is InChI=1S/C22H23N3O2/c26-19-21(15-24(19)13-17-7-3-1-4-8-17)11-12-22(23-21)16-25(20(22)27)14-18-9-5-2-6-10-18/h1-10,23H,11-16H2. The fourth-order valence-corrected chi connectivity index (χ4v) is 4.78. The lowest BCUT2D eigenvalue weighted by atomic mass is 9.85. The summed E-state index contributed by atoms with van der Waals surface area (Å²) >= 11 is 0. The van der Waals surface area contributed by atoms with E-state index in [1.165, 1.54) is 0 Å². The van der Waals surface area contributed by atoms with Crippen molar-refractivity contribution >= 4 is 11.8 Å². The predicted molar refractivity (Wildman–Crippen MR) is 102 cm³/mol. The molecule has 3 saturated heterocycles. The molecule has 5 nitrogen and oxygen atoms in total. The van der Waals surface area contributed by atoms with E-state index in [0.717, 1.165) is 24.0 Å². The van der Waals surface area contributed by atoms with E-state index >= 15 is 0 Å². The number of amides is 2. The number of hydrogen-bond donors (Lipinski definition) is 1. The van der Waals surface area contributed by atoms with E-state index in [4.69, 9.17) is 0 Å². The monoisotopic (exact) mass is 361 g/mol. The average Bonchev–Trinajstić information content (AvgIpc) is 3.13. The molecular weight excluding hydrogens is 338 g/mol. The molecule has 2 unspecified atom stereocenters. The van der Waals surface area contributed by atoms with Gasteiger partial charge in [-0.25, -0.2) is 0 Å². The van der Waals surface area contributed by atoms with Crippen molar-refractivity contribution in [2.75, 3.05) is 13.1 Å². The number of β-lactam (4-membered cyclic amide) rings is 2. The third kappa shape index (κ3) is 2.57. The molecule has 5 heteroatoms. The number of likely N-dealkylation sites (tertiary alicyclic amines) is 2. The summed E-state index contributed by atoms with van der Waals surface area (Å²) in [6.45, 7) is 2.66. The van der Waals surface area contributed by atoms with E-state index in [1.54, 1.807) is 0 Å². The fourth-order valence-electron chi connectivity index (χ4n) is 4.78. The maximum Gasteiger partial charge on any atom is 0.245 e. The van der Waals surface area contributed by atoms with Crippen LogP contribution in [0.15, 0.2) is 60.7 Å². The molecule has 0 radical (unpaired) electrons. The van der Waals surface area contributed by atoms with Gasteiger partial charge in [-0.1, -0.05) is 60.7 Å². The second-order valence-corrected chi connectivity index (χ2v) is 8.08. The molecule has 5 rings (SSSR count). The zero-order valence-corrected chi connectivity index (χ0v) is 15.2. The van der Waals surface area contributed by atoms with E-state index in [9.17, 15) is 9.59 Å². The Morgan fingerprint density at radius 1 is 0.704 bits per heavy atom. The summed E-state index contributed by atoms with van der Waals surface area (Å²) in [6.07, 6.45) is 1.50. The van der Waals surface area contributed by atoms with Gasteiger partial charge in [0.2, 0.25) is 11.8 Å². The molecule has 0 aromatic heterocycles. The molecule has 0 aliphatic carbocycles. The summed E-state index contributed by atoms with van der Waals surface area (Å²) < 4.78 is 0. The third-order valence-corrected chi connectivity index (χ3v) is 6.20. The lowest BCUT2D eigenvalue weighted by Crippen LogP contribution is -2.79.